The van der Waals surface area contributed by atoms with Gasteiger partial charge in [0.1, 0.15) is 12.4 Å². The largest absolute Gasteiger partial charge is 0.489 e. The van der Waals surface area contributed by atoms with Crippen LogP contribution in [0.4, 0.5) is 5.69 Å². The number of methoxy groups -OCH3 is 1. The SMILES string of the molecule is COCCOc1ccc(Cl)cc1NC(=O)c1ccc(C(=O)NCCCCCCO)s1. The highest BCUT2D eigenvalue weighted by molar-refractivity contribution is 7.16. The molecule has 1 aromatic heterocycles. The normalized spacial score (nSPS) is 10.6. The second-order valence-electron chi connectivity index (χ2n) is 6.49. The van der Waals surface area contributed by atoms with Gasteiger partial charge in [-0.3, -0.25) is 9.59 Å². The Balaban J connectivity index is 1.92. The molecule has 9 heteroatoms. The van der Waals surface area contributed by atoms with Gasteiger partial charge in [-0.15, -0.1) is 11.3 Å². The Hall–Kier alpha value is -2.13. The van der Waals surface area contributed by atoms with Crippen LogP contribution in [-0.4, -0.2) is 50.4 Å². The molecule has 0 aliphatic rings. The number of halogens is 1. The summed E-state index contributed by atoms with van der Waals surface area (Å²) in [5, 5.41) is 14.9. The summed E-state index contributed by atoms with van der Waals surface area (Å²) in [6.45, 7) is 1.52. The van der Waals surface area contributed by atoms with Crippen molar-refractivity contribution in [1.82, 2.24) is 5.32 Å². The number of carbonyl (C=O) groups is 2. The highest BCUT2D eigenvalue weighted by Gasteiger charge is 2.16. The third-order valence-electron chi connectivity index (χ3n) is 4.16. The lowest BCUT2D eigenvalue weighted by molar-refractivity contribution is 0.0956. The zero-order valence-corrected chi connectivity index (χ0v) is 18.5. The second-order valence-corrected chi connectivity index (χ2v) is 8.01. The summed E-state index contributed by atoms with van der Waals surface area (Å²) in [6.07, 6.45) is 3.53. The monoisotopic (exact) mass is 454 g/mol. The van der Waals surface area contributed by atoms with Crippen LogP contribution in [0.5, 0.6) is 5.75 Å². The molecule has 0 saturated heterocycles. The minimum absolute atomic E-state index is 0.197. The van der Waals surface area contributed by atoms with Gasteiger partial charge < -0.3 is 25.2 Å². The van der Waals surface area contributed by atoms with E-state index in [0.717, 1.165) is 37.0 Å². The van der Waals surface area contributed by atoms with Gasteiger partial charge in [-0.2, -0.15) is 0 Å². The molecule has 0 aliphatic heterocycles. The topological polar surface area (TPSA) is 96.9 Å². The van der Waals surface area contributed by atoms with E-state index < -0.39 is 0 Å². The maximum atomic E-state index is 12.6. The van der Waals surface area contributed by atoms with Crippen LogP contribution in [0.3, 0.4) is 0 Å². The highest BCUT2D eigenvalue weighted by atomic mass is 35.5. The molecule has 2 amide bonds. The molecule has 1 aromatic carbocycles. The maximum Gasteiger partial charge on any atom is 0.265 e. The average Bonchev–Trinajstić information content (AvgIpc) is 3.23. The highest BCUT2D eigenvalue weighted by Crippen LogP contribution is 2.29. The molecule has 0 radical (unpaired) electrons. The number of hydrogen-bond acceptors (Lipinski definition) is 6. The summed E-state index contributed by atoms with van der Waals surface area (Å²) < 4.78 is 10.6. The van der Waals surface area contributed by atoms with Crippen LogP contribution >= 0.6 is 22.9 Å². The molecule has 2 aromatic rings. The van der Waals surface area contributed by atoms with E-state index in [0.29, 0.717) is 46.0 Å². The van der Waals surface area contributed by atoms with Gasteiger partial charge >= 0.3 is 0 Å². The number of unbranched alkanes of at least 4 members (excludes halogenated alkanes) is 3. The van der Waals surface area contributed by atoms with Crippen LogP contribution in [0.25, 0.3) is 0 Å². The molecular formula is C21H27ClN2O5S. The molecule has 0 unspecified atom stereocenters. The van der Waals surface area contributed by atoms with Crippen LogP contribution in [0, 0.1) is 0 Å². The summed E-state index contributed by atoms with van der Waals surface area (Å²) in [6, 6.07) is 8.22. The minimum atomic E-state index is -0.345. The number of hydrogen-bond donors (Lipinski definition) is 3. The van der Waals surface area contributed by atoms with Crippen molar-refractivity contribution in [3.05, 3.63) is 45.1 Å². The molecule has 164 valence electrons. The van der Waals surface area contributed by atoms with Gasteiger partial charge in [-0.25, -0.2) is 0 Å². The summed E-state index contributed by atoms with van der Waals surface area (Å²) >= 11 is 7.17. The molecule has 2 rings (SSSR count). The number of ether oxygens (including phenoxy) is 2. The Morgan fingerprint density at radius 3 is 2.50 bits per heavy atom. The smallest absolute Gasteiger partial charge is 0.265 e. The number of aliphatic hydroxyl groups excluding tert-OH is 1. The van der Waals surface area contributed by atoms with E-state index in [1.807, 2.05) is 0 Å². The summed E-state index contributed by atoms with van der Waals surface area (Å²) in [5.74, 6) is -0.0602. The molecule has 0 bridgehead atoms. The van der Waals surface area contributed by atoms with Crippen LogP contribution < -0.4 is 15.4 Å². The Bertz CT molecular complexity index is 827. The Morgan fingerprint density at radius 2 is 1.77 bits per heavy atom. The number of aliphatic hydroxyl groups is 1. The van der Waals surface area contributed by atoms with E-state index in [2.05, 4.69) is 10.6 Å². The molecular weight excluding hydrogens is 428 g/mol. The molecule has 1 heterocycles. The summed E-state index contributed by atoms with van der Waals surface area (Å²) in [4.78, 5) is 25.8. The number of carbonyl (C=O) groups excluding carboxylic acids is 2. The van der Waals surface area contributed by atoms with Gasteiger partial charge in [-0.05, 0) is 43.2 Å². The average molecular weight is 455 g/mol. The van der Waals surface area contributed by atoms with E-state index in [9.17, 15) is 9.59 Å². The van der Waals surface area contributed by atoms with Crippen molar-refractivity contribution in [1.29, 1.82) is 0 Å². The standard InChI is InChI=1S/C21H27ClN2O5S/c1-28-12-13-29-17-7-6-15(22)14-16(17)24-21(27)19-9-8-18(30-19)20(26)23-10-4-2-3-5-11-25/h6-9,14,25H,2-5,10-13H2,1H3,(H,23,26)(H,24,27). The lowest BCUT2D eigenvalue weighted by atomic mass is 10.2. The van der Waals surface area contributed by atoms with Crippen LogP contribution in [0.1, 0.15) is 45.0 Å². The zero-order chi connectivity index (χ0) is 21.8. The first-order valence-electron chi connectivity index (χ1n) is 9.76. The summed E-state index contributed by atoms with van der Waals surface area (Å²) in [5.41, 5.74) is 0.450. The lowest BCUT2D eigenvalue weighted by Gasteiger charge is -2.12. The van der Waals surface area contributed by atoms with Crippen molar-refractivity contribution in [2.24, 2.45) is 0 Å². The molecule has 0 aliphatic carbocycles. The van der Waals surface area contributed by atoms with Crippen molar-refractivity contribution in [2.45, 2.75) is 25.7 Å². The number of rotatable bonds is 13. The zero-order valence-electron chi connectivity index (χ0n) is 16.9. The molecule has 0 spiro atoms. The minimum Gasteiger partial charge on any atom is -0.489 e. The fourth-order valence-corrected chi connectivity index (χ4v) is 3.60. The first-order chi connectivity index (χ1) is 14.5. The van der Waals surface area contributed by atoms with Crippen molar-refractivity contribution in [3.63, 3.8) is 0 Å². The van der Waals surface area contributed by atoms with Gasteiger partial charge in [0, 0.05) is 25.3 Å². The predicted molar refractivity (Wildman–Crippen MR) is 119 cm³/mol. The van der Waals surface area contributed by atoms with E-state index in [1.165, 1.54) is 0 Å². The third kappa shape index (κ3) is 7.95. The Kier molecular flexibility index (Phi) is 10.6. The third-order valence-corrected chi connectivity index (χ3v) is 5.48. The number of amides is 2. The molecule has 0 saturated carbocycles. The van der Waals surface area contributed by atoms with Gasteiger partial charge in [0.05, 0.1) is 22.0 Å². The van der Waals surface area contributed by atoms with E-state index in [1.54, 1.807) is 37.4 Å². The Labute approximate surface area is 185 Å². The number of benzene rings is 1. The fraction of sp³-hybridized carbons (Fsp3) is 0.429. The van der Waals surface area contributed by atoms with E-state index in [4.69, 9.17) is 26.2 Å². The molecule has 0 atom stereocenters. The van der Waals surface area contributed by atoms with Crippen molar-refractivity contribution in [3.8, 4) is 5.75 Å². The number of nitrogens with one attached hydrogen (secondary N) is 2. The van der Waals surface area contributed by atoms with Crippen LogP contribution in [0.2, 0.25) is 5.02 Å². The first-order valence-corrected chi connectivity index (χ1v) is 11.0. The van der Waals surface area contributed by atoms with Crippen molar-refractivity contribution >= 4 is 40.4 Å². The number of anilines is 1. The number of thiophene rings is 1. The van der Waals surface area contributed by atoms with Crippen LogP contribution in [0.15, 0.2) is 30.3 Å². The summed E-state index contributed by atoms with van der Waals surface area (Å²) in [7, 11) is 1.58. The van der Waals surface area contributed by atoms with Crippen LogP contribution in [-0.2, 0) is 4.74 Å². The Morgan fingerprint density at radius 1 is 1.03 bits per heavy atom. The fourth-order valence-electron chi connectivity index (χ4n) is 2.61. The molecule has 7 nitrogen and oxygen atoms in total. The maximum absolute atomic E-state index is 12.6. The van der Waals surface area contributed by atoms with Crippen molar-refractivity contribution < 1.29 is 24.2 Å². The molecule has 3 N–H and O–H groups in total. The molecule has 30 heavy (non-hydrogen) atoms. The van der Waals surface area contributed by atoms with Gasteiger partial charge in [0.2, 0.25) is 0 Å². The predicted octanol–water partition coefficient (Wildman–Crippen LogP) is 3.96. The quantitative estimate of drug-likeness (QED) is 0.398. The molecule has 0 fully saturated rings. The first kappa shape index (κ1) is 24.1. The lowest BCUT2D eigenvalue weighted by Crippen LogP contribution is -2.23. The van der Waals surface area contributed by atoms with E-state index in [-0.39, 0.29) is 18.4 Å². The van der Waals surface area contributed by atoms with Gasteiger partial charge in [0.25, 0.3) is 11.8 Å². The van der Waals surface area contributed by atoms with E-state index >= 15 is 0 Å². The van der Waals surface area contributed by atoms with Gasteiger partial charge in [-0.1, -0.05) is 24.4 Å². The van der Waals surface area contributed by atoms with Gasteiger partial charge in [0.15, 0.2) is 0 Å². The van der Waals surface area contributed by atoms with Crippen molar-refractivity contribution in [2.75, 3.05) is 38.8 Å². The second kappa shape index (κ2) is 13.2.